The van der Waals surface area contributed by atoms with E-state index in [0.717, 1.165) is 11.4 Å². The van der Waals surface area contributed by atoms with Gasteiger partial charge in [0.2, 0.25) is 0 Å². The molecule has 2 rings (SSSR count). The fourth-order valence-corrected chi connectivity index (χ4v) is 2.40. The van der Waals surface area contributed by atoms with Gasteiger partial charge >= 0.3 is 0 Å². The third-order valence-electron chi connectivity index (χ3n) is 3.57. The maximum Gasteiger partial charge on any atom is 0.0725 e. The van der Waals surface area contributed by atoms with Crippen LogP contribution in [-0.4, -0.2) is 9.78 Å². The van der Waals surface area contributed by atoms with Gasteiger partial charge in [-0.05, 0) is 56.0 Å². The maximum absolute atomic E-state index is 6.39. The van der Waals surface area contributed by atoms with Crippen LogP contribution >= 0.6 is 0 Å². The van der Waals surface area contributed by atoms with E-state index in [4.69, 9.17) is 5.73 Å². The highest BCUT2D eigenvalue weighted by Gasteiger charge is 2.16. The zero-order chi connectivity index (χ0) is 13.4. The second kappa shape index (κ2) is 4.58. The topological polar surface area (TPSA) is 43.8 Å². The molecule has 0 radical (unpaired) electrons. The maximum atomic E-state index is 6.39. The number of nitrogens with two attached hydrogens (primary N) is 1. The summed E-state index contributed by atoms with van der Waals surface area (Å²) in [5.74, 6) is 0. The lowest BCUT2D eigenvalue weighted by Gasteiger charge is -2.17. The van der Waals surface area contributed by atoms with Crippen molar-refractivity contribution in [2.75, 3.05) is 0 Å². The number of hydrogen-bond acceptors (Lipinski definition) is 2. The van der Waals surface area contributed by atoms with Crippen LogP contribution < -0.4 is 5.73 Å². The molecule has 0 aliphatic carbocycles. The third-order valence-corrected chi connectivity index (χ3v) is 3.57. The lowest BCUT2D eigenvalue weighted by Crippen LogP contribution is -2.17. The summed E-state index contributed by atoms with van der Waals surface area (Å²) < 4.78 is 1.87. The van der Waals surface area contributed by atoms with Crippen molar-refractivity contribution in [3.63, 3.8) is 0 Å². The zero-order valence-electron chi connectivity index (χ0n) is 11.8. The summed E-state index contributed by atoms with van der Waals surface area (Å²) in [5.41, 5.74) is 13.5. The SMILES string of the molecule is Cc1cc(C(N)c2cc(C)c(C)cc2C)n(C)n1. The monoisotopic (exact) mass is 243 g/mol. The molecular weight excluding hydrogens is 222 g/mol. The molecule has 96 valence electrons. The Morgan fingerprint density at radius 1 is 1.00 bits per heavy atom. The van der Waals surface area contributed by atoms with Crippen molar-refractivity contribution in [1.82, 2.24) is 9.78 Å². The highest BCUT2D eigenvalue weighted by atomic mass is 15.3. The summed E-state index contributed by atoms with van der Waals surface area (Å²) in [4.78, 5) is 0. The molecular formula is C15H21N3. The van der Waals surface area contributed by atoms with Gasteiger partial charge in [-0.3, -0.25) is 4.68 Å². The number of nitrogens with zero attached hydrogens (tertiary/aromatic N) is 2. The first-order chi connectivity index (χ1) is 8.40. The predicted molar refractivity (Wildman–Crippen MR) is 74.6 cm³/mol. The quantitative estimate of drug-likeness (QED) is 0.881. The van der Waals surface area contributed by atoms with Gasteiger partial charge in [-0.1, -0.05) is 12.1 Å². The highest BCUT2D eigenvalue weighted by molar-refractivity contribution is 5.41. The van der Waals surface area contributed by atoms with Crippen LogP contribution in [0.1, 0.15) is 39.7 Å². The molecule has 0 saturated carbocycles. The van der Waals surface area contributed by atoms with E-state index >= 15 is 0 Å². The van der Waals surface area contributed by atoms with Crippen LogP contribution in [0.4, 0.5) is 0 Å². The smallest absolute Gasteiger partial charge is 0.0725 e. The fraction of sp³-hybridized carbons (Fsp3) is 0.400. The molecule has 1 unspecified atom stereocenters. The van der Waals surface area contributed by atoms with Crippen LogP contribution in [-0.2, 0) is 7.05 Å². The van der Waals surface area contributed by atoms with Gasteiger partial charge in [0.05, 0.1) is 17.4 Å². The van der Waals surface area contributed by atoms with Crippen molar-refractivity contribution in [2.24, 2.45) is 12.8 Å². The van der Waals surface area contributed by atoms with Crippen LogP contribution in [0.3, 0.4) is 0 Å². The Morgan fingerprint density at radius 2 is 1.61 bits per heavy atom. The number of aromatic nitrogens is 2. The summed E-state index contributed by atoms with van der Waals surface area (Å²) in [6.45, 7) is 8.36. The highest BCUT2D eigenvalue weighted by Crippen LogP contribution is 2.25. The van der Waals surface area contributed by atoms with Crippen LogP contribution in [0.2, 0.25) is 0 Å². The second-order valence-electron chi connectivity index (χ2n) is 5.10. The Bertz CT molecular complexity index is 582. The molecule has 0 aliphatic rings. The average Bonchev–Trinajstić information content (AvgIpc) is 2.62. The molecule has 3 nitrogen and oxygen atoms in total. The minimum Gasteiger partial charge on any atom is -0.319 e. The van der Waals surface area contributed by atoms with Crippen molar-refractivity contribution >= 4 is 0 Å². The van der Waals surface area contributed by atoms with Crippen molar-refractivity contribution < 1.29 is 0 Å². The molecule has 1 heterocycles. The fourth-order valence-electron chi connectivity index (χ4n) is 2.40. The third kappa shape index (κ3) is 2.18. The number of benzene rings is 1. The summed E-state index contributed by atoms with van der Waals surface area (Å²) in [5, 5.41) is 4.36. The van der Waals surface area contributed by atoms with Gasteiger partial charge in [0, 0.05) is 7.05 Å². The van der Waals surface area contributed by atoms with E-state index in [9.17, 15) is 0 Å². The Morgan fingerprint density at radius 3 is 2.17 bits per heavy atom. The van der Waals surface area contributed by atoms with Crippen LogP contribution in [0, 0.1) is 27.7 Å². The normalized spacial score (nSPS) is 12.8. The molecule has 0 spiro atoms. The van der Waals surface area contributed by atoms with E-state index < -0.39 is 0 Å². The van der Waals surface area contributed by atoms with E-state index in [1.807, 2.05) is 18.7 Å². The molecule has 3 heteroatoms. The van der Waals surface area contributed by atoms with Crippen LogP contribution in [0.25, 0.3) is 0 Å². The Kier molecular flexibility index (Phi) is 3.26. The standard InChI is InChI=1S/C15H21N3/c1-9-6-11(3)13(7-10(9)2)15(16)14-8-12(4)17-18(14)5/h6-8,15H,16H2,1-5H3. The van der Waals surface area contributed by atoms with Crippen molar-refractivity contribution in [3.8, 4) is 0 Å². The summed E-state index contributed by atoms with van der Waals surface area (Å²) in [6, 6.07) is 6.33. The molecule has 0 aliphatic heterocycles. The predicted octanol–water partition coefficient (Wildman–Crippen LogP) is 2.70. The van der Waals surface area contributed by atoms with Gasteiger partial charge in [-0.25, -0.2) is 0 Å². The van der Waals surface area contributed by atoms with Gasteiger partial charge in [-0.15, -0.1) is 0 Å². The largest absolute Gasteiger partial charge is 0.319 e. The average molecular weight is 243 g/mol. The second-order valence-corrected chi connectivity index (χ2v) is 5.10. The van der Waals surface area contributed by atoms with E-state index in [1.54, 1.807) is 0 Å². The summed E-state index contributed by atoms with van der Waals surface area (Å²) in [6.07, 6.45) is 0. The molecule has 0 bridgehead atoms. The van der Waals surface area contributed by atoms with Gasteiger partial charge in [0.25, 0.3) is 0 Å². The Balaban J connectivity index is 2.49. The molecule has 0 amide bonds. The first kappa shape index (κ1) is 12.8. The molecule has 0 saturated heterocycles. The lowest BCUT2D eigenvalue weighted by molar-refractivity contribution is 0.667. The number of hydrogen-bond donors (Lipinski definition) is 1. The lowest BCUT2D eigenvalue weighted by atomic mass is 9.94. The number of rotatable bonds is 2. The van der Waals surface area contributed by atoms with Gasteiger partial charge < -0.3 is 5.73 Å². The van der Waals surface area contributed by atoms with E-state index in [-0.39, 0.29) is 6.04 Å². The van der Waals surface area contributed by atoms with Gasteiger partial charge in [0.15, 0.2) is 0 Å². The molecule has 18 heavy (non-hydrogen) atoms. The van der Waals surface area contributed by atoms with E-state index in [0.29, 0.717) is 0 Å². The van der Waals surface area contributed by atoms with Gasteiger partial charge in [0.1, 0.15) is 0 Å². The van der Waals surface area contributed by atoms with E-state index in [2.05, 4.69) is 44.1 Å². The van der Waals surface area contributed by atoms with Crippen molar-refractivity contribution in [3.05, 3.63) is 51.8 Å². The molecule has 1 aromatic carbocycles. The van der Waals surface area contributed by atoms with Crippen molar-refractivity contribution in [1.29, 1.82) is 0 Å². The molecule has 0 fully saturated rings. The first-order valence-electron chi connectivity index (χ1n) is 6.24. The molecule has 2 N–H and O–H groups in total. The summed E-state index contributed by atoms with van der Waals surface area (Å²) in [7, 11) is 1.94. The first-order valence-corrected chi connectivity index (χ1v) is 6.24. The molecule has 1 atom stereocenters. The number of aryl methyl sites for hydroxylation is 5. The summed E-state index contributed by atoms with van der Waals surface area (Å²) >= 11 is 0. The van der Waals surface area contributed by atoms with Crippen LogP contribution in [0.5, 0.6) is 0 Å². The minimum absolute atomic E-state index is 0.115. The Labute approximate surface area is 109 Å². The molecule has 1 aromatic heterocycles. The minimum atomic E-state index is -0.115. The molecule has 2 aromatic rings. The van der Waals surface area contributed by atoms with E-state index in [1.165, 1.54) is 22.3 Å². The zero-order valence-corrected chi connectivity index (χ0v) is 11.8. The van der Waals surface area contributed by atoms with Gasteiger partial charge in [-0.2, -0.15) is 5.10 Å². The van der Waals surface area contributed by atoms with Crippen LogP contribution in [0.15, 0.2) is 18.2 Å². The Hall–Kier alpha value is -1.61. The van der Waals surface area contributed by atoms with Crippen molar-refractivity contribution in [2.45, 2.75) is 33.7 Å².